The molecule has 0 radical (unpaired) electrons. The number of benzene rings is 1. The summed E-state index contributed by atoms with van der Waals surface area (Å²) in [5, 5.41) is 0. The van der Waals surface area contributed by atoms with E-state index in [0.717, 1.165) is 0 Å². The molecular formula is C22H25FN2O4. The Balaban J connectivity index is 1.24. The Morgan fingerprint density at radius 1 is 1.34 bits per heavy atom. The lowest BCUT2D eigenvalue weighted by Crippen LogP contribution is -2.49. The normalized spacial score (nSPS) is 33.4. The molecule has 4 atom stereocenters. The van der Waals surface area contributed by atoms with E-state index in [1.54, 1.807) is 17.0 Å². The number of hydrogen-bond donors (Lipinski definition) is 0. The first kappa shape index (κ1) is 18.6. The fourth-order valence-corrected chi connectivity index (χ4v) is 5.27. The summed E-state index contributed by atoms with van der Waals surface area (Å²) in [5.41, 5.74) is -0.628. The highest BCUT2D eigenvalue weighted by Crippen LogP contribution is 2.52. The van der Waals surface area contributed by atoms with Crippen molar-refractivity contribution in [3.05, 3.63) is 42.2 Å². The molecule has 0 aromatic heterocycles. The van der Waals surface area contributed by atoms with E-state index in [4.69, 9.17) is 9.47 Å². The lowest BCUT2D eigenvalue weighted by atomic mass is 9.76. The van der Waals surface area contributed by atoms with E-state index in [1.807, 2.05) is 24.0 Å². The third-order valence-corrected chi connectivity index (χ3v) is 6.70. The Bertz CT molecular complexity index is 866. The van der Waals surface area contributed by atoms with Gasteiger partial charge in [-0.2, -0.15) is 0 Å². The van der Waals surface area contributed by atoms with Gasteiger partial charge in [-0.15, -0.1) is 0 Å². The van der Waals surface area contributed by atoms with E-state index in [9.17, 15) is 14.0 Å². The van der Waals surface area contributed by atoms with Gasteiger partial charge in [0.1, 0.15) is 23.3 Å². The van der Waals surface area contributed by atoms with Crippen LogP contribution in [0.3, 0.4) is 0 Å². The van der Waals surface area contributed by atoms with Crippen molar-refractivity contribution in [2.75, 3.05) is 26.2 Å². The Morgan fingerprint density at radius 3 is 2.86 bits per heavy atom. The first-order valence-electron chi connectivity index (χ1n) is 10.4. The highest BCUT2D eigenvalue weighted by Gasteiger charge is 2.67. The Hall–Kier alpha value is -2.41. The molecule has 2 amide bonds. The molecule has 4 heterocycles. The number of fused-ring (bicyclic) bond motifs is 1. The van der Waals surface area contributed by atoms with E-state index >= 15 is 0 Å². The molecule has 1 aromatic rings. The quantitative estimate of drug-likeness (QED) is 0.726. The van der Waals surface area contributed by atoms with Gasteiger partial charge < -0.3 is 19.3 Å². The van der Waals surface area contributed by atoms with Gasteiger partial charge >= 0.3 is 0 Å². The van der Waals surface area contributed by atoms with Crippen LogP contribution in [0.4, 0.5) is 4.39 Å². The summed E-state index contributed by atoms with van der Waals surface area (Å²) < 4.78 is 25.4. The minimum absolute atomic E-state index is 0.00161. The molecule has 0 aliphatic carbocycles. The molecule has 4 unspecified atom stereocenters. The summed E-state index contributed by atoms with van der Waals surface area (Å²) >= 11 is 0. The second kappa shape index (κ2) is 6.83. The average Bonchev–Trinajstić information content (AvgIpc) is 3.36. The van der Waals surface area contributed by atoms with E-state index in [0.29, 0.717) is 44.8 Å². The molecular weight excluding hydrogens is 375 g/mol. The van der Waals surface area contributed by atoms with E-state index in [1.165, 1.54) is 12.1 Å². The molecule has 0 saturated carbocycles. The molecule has 154 valence electrons. The number of amides is 2. The summed E-state index contributed by atoms with van der Waals surface area (Å²) in [6, 6.07) is 6.13. The number of carbonyl (C=O) groups excluding carboxylic acids is 2. The second-order valence-electron chi connectivity index (χ2n) is 8.35. The largest absolute Gasteiger partial charge is 0.490 e. The van der Waals surface area contributed by atoms with Crippen LogP contribution >= 0.6 is 0 Å². The van der Waals surface area contributed by atoms with Gasteiger partial charge in [0.25, 0.3) is 0 Å². The zero-order chi connectivity index (χ0) is 20.2. The maximum absolute atomic E-state index is 13.3. The van der Waals surface area contributed by atoms with Crippen molar-refractivity contribution >= 4 is 11.8 Å². The van der Waals surface area contributed by atoms with Crippen molar-refractivity contribution in [3.8, 4) is 5.75 Å². The molecule has 4 aliphatic heterocycles. The fourth-order valence-electron chi connectivity index (χ4n) is 5.27. The smallest absolute Gasteiger partial charge is 0.230 e. The zero-order valence-corrected chi connectivity index (χ0v) is 16.4. The molecule has 29 heavy (non-hydrogen) atoms. The molecule has 5 rings (SSSR count). The number of piperidine rings is 1. The van der Waals surface area contributed by atoms with Crippen molar-refractivity contribution in [3.63, 3.8) is 0 Å². The summed E-state index contributed by atoms with van der Waals surface area (Å²) in [4.78, 5) is 29.8. The number of hydrogen-bond acceptors (Lipinski definition) is 4. The van der Waals surface area contributed by atoms with Gasteiger partial charge in [-0.05, 0) is 19.1 Å². The van der Waals surface area contributed by atoms with Crippen molar-refractivity contribution in [1.82, 2.24) is 9.80 Å². The number of carbonyl (C=O) groups is 2. The number of halogens is 1. The van der Waals surface area contributed by atoms with Crippen LogP contribution in [0.2, 0.25) is 0 Å². The maximum Gasteiger partial charge on any atom is 0.230 e. The second-order valence-corrected chi connectivity index (χ2v) is 8.35. The van der Waals surface area contributed by atoms with Gasteiger partial charge in [0.2, 0.25) is 11.8 Å². The van der Waals surface area contributed by atoms with Crippen LogP contribution in [0, 0.1) is 17.7 Å². The van der Waals surface area contributed by atoms with Crippen LogP contribution in [0.1, 0.15) is 19.8 Å². The van der Waals surface area contributed by atoms with Gasteiger partial charge in [0.15, 0.2) is 0 Å². The Labute approximate surface area is 169 Å². The van der Waals surface area contributed by atoms with Crippen LogP contribution < -0.4 is 4.74 Å². The van der Waals surface area contributed by atoms with Crippen molar-refractivity contribution in [2.24, 2.45) is 11.8 Å². The monoisotopic (exact) mass is 400 g/mol. The molecule has 4 aliphatic rings. The van der Waals surface area contributed by atoms with Gasteiger partial charge in [-0.3, -0.25) is 9.59 Å². The predicted octanol–water partition coefficient (Wildman–Crippen LogP) is 2.00. The zero-order valence-electron chi connectivity index (χ0n) is 16.4. The fraction of sp³-hybridized carbons (Fsp3) is 0.545. The van der Waals surface area contributed by atoms with Gasteiger partial charge in [-0.25, -0.2) is 4.39 Å². The predicted molar refractivity (Wildman–Crippen MR) is 103 cm³/mol. The summed E-state index contributed by atoms with van der Waals surface area (Å²) in [6.45, 7) is 4.25. The van der Waals surface area contributed by atoms with Crippen LogP contribution in [0.15, 0.2) is 36.4 Å². The Kier molecular flexibility index (Phi) is 4.38. The summed E-state index contributed by atoms with van der Waals surface area (Å²) in [7, 11) is 0. The van der Waals surface area contributed by atoms with E-state index in [-0.39, 0.29) is 29.8 Å². The number of likely N-dealkylation sites (N-methyl/N-ethyl adjacent to an activating group) is 1. The molecule has 0 N–H and O–H groups in total. The molecule has 2 bridgehead atoms. The number of nitrogens with zero attached hydrogens (tertiary/aromatic N) is 2. The number of likely N-dealkylation sites (tertiary alicyclic amines) is 2. The third-order valence-electron chi connectivity index (χ3n) is 6.70. The summed E-state index contributed by atoms with van der Waals surface area (Å²) in [6.07, 6.45) is 4.94. The van der Waals surface area contributed by atoms with E-state index < -0.39 is 17.4 Å². The molecule has 6 nitrogen and oxygen atoms in total. The van der Waals surface area contributed by atoms with Crippen LogP contribution in [-0.4, -0.2) is 65.6 Å². The standard InChI is InChI=1S/C22H25FN2O4/c1-2-24-13-22-9-6-17(29-22)18(19(22)21(24)27)20(26)25-10-7-15(8-11-25)28-16-5-3-4-14(23)12-16/h3-6,9,12,15,17-19H,2,7-8,10-11,13H2,1H3. The van der Waals surface area contributed by atoms with Crippen molar-refractivity contribution < 1.29 is 23.5 Å². The van der Waals surface area contributed by atoms with Gasteiger partial charge in [0, 0.05) is 38.5 Å². The minimum atomic E-state index is -0.628. The topological polar surface area (TPSA) is 59.1 Å². The Morgan fingerprint density at radius 2 is 2.14 bits per heavy atom. The summed E-state index contributed by atoms with van der Waals surface area (Å²) in [5.74, 6) is -0.630. The molecule has 3 fully saturated rings. The highest BCUT2D eigenvalue weighted by atomic mass is 19.1. The van der Waals surface area contributed by atoms with Crippen LogP contribution in [-0.2, 0) is 14.3 Å². The van der Waals surface area contributed by atoms with Gasteiger partial charge in [0.05, 0.1) is 24.5 Å². The molecule has 7 heteroatoms. The van der Waals surface area contributed by atoms with Crippen LogP contribution in [0.5, 0.6) is 5.75 Å². The molecule has 1 aromatic carbocycles. The first-order valence-corrected chi connectivity index (χ1v) is 10.4. The lowest BCUT2D eigenvalue weighted by Gasteiger charge is -2.35. The number of rotatable bonds is 4. The molecule has 3 saturated heterocycles. The van der Waals surface area contributed by atoms with Gasteiger partial charge in [-0.1, -0.05) is 18.2 Å². The van der Waals surface area contributed by atoms with Crippen molar-refractivity contribution in [2.45, 2.75) is 37.6 Å². The highest BCUT2D eigenvalue weighted by molar-refractivity contribution is 5.93. The average molecular weight is 400 g/mol. The SMILES string of the molecule is CCN1CC23C=CC(O2)C(C(=O)N2CCC(Oc4cccc(F)c4)CC2)C3C1=O. The molecule has 1 spiro atoms. The third kappa shape index (κ3) is 2.94. The van der Waals surface area contributed by atoms with E-state index in [2.05, 4.69) is 0 Å². The minimum Gasteiger partial charge on any atom is -0.490 e. The first-order chi connectivity index (χ1) is 14.0. The van der Waals surface area contributed by atoms with Crippen molar-refractivity contribution in [1.29, 1.82) is 0 Å². The lowest BCUT2D eigenvalue weighted by molar-refractivity contribution is -0.144. The number of ether oxygens (including phenoxy) is 2. The maximum atomic E-state index is 13.3. The van der Waals surface area contributed by atoms with Crippen LogP contribution in [0.25, 0.3) is 0 Å².